The van der Waals surface area contributed by atoms with Crippen LogP contribution in [0.1, 0.15) is 12.6 Å². The normalized spacial score (nSPS) is 27.2. The van der Waals surface area contributed by atoms with Crippen molar-refractivity contribution in [3.05, 3.63) is 16.7 Å². The molecule has 0 saturated carbocycles. The molecule has 1 aliphatic rings. The summed E-state index contributed by atoms with van der Waals surface area (Å²) in [6.45, 7) is -0.277. The number of nitrogens with two attached hydrogens (primary N) is 1. The van der Waals surface area contributed by atoms with E-state index in [1.807, 2.05) is 0 Å². The molecule has 19 heavy (non-hydrogen) atoms. The van der Waals surface area contributed by atoms with E-state index in [-0.39, 0.29) is 30.1 Å². The van der Waals surface area contributed by atoms with Crippen LogP contribution in [0.15, 0.2) is 11.1 Å². The molecule has 5 N–H and O–H groups in total. The Morgan fingerprint density at radius 1 is 1.63 bits per heavy atom. The summed E-state index contributed by atoms with van der Waals surface area (Å²) >= 11 is 0. The van der Waals surface area contributed by atoms with Gasteiger partial charge in [-0.3, -0.25) is 14.3 Å². The Morgan fingerprint density at radius 2 is 2.42 bits per heavy atom. The predicted molar refractivity (Wildman–Crippen MR) is 64.2 cm³/mol. The summed E-state index contributed by atoms with van der Waals surface area (Å²) < 4.78 is 7.01. The molecule has 0 aliphatic carbocycles. The van der Waals surface area contributed by atoms with E-state index < -0.39 is 24.0 Å². The molecule has 102 valence electrons. The van der Waals surface area contributed by atoms with Gasteiger partial charge in [-0.2, -0.15) is 4.98 Å². The van der Waals surface area contributed by atoms with Gasteiger partial charge in [0, 0.05) is 6.42 Å². The summed E-state index contributed by atoms with van der Waals surface area (Å²) in [5, 5.41) is 18.8. The van der Waals surface area contributed by atoms with Crippen molar-refractivity contribution in [1.29, 1.82) is 0 Å². The first-order valence-corrected chi connectivity index (χ1v) is 5.77. The molecular formula is C10H13N5O4. The van der Waals surface area contributed by atoms with E-state index >= 15 is 0 Å². The first-order valence-electron chi connectivity index (χ1n) is 5.77. The number of nitrogens with one attached hydrogen (secondary N) is 1. The number of hydrogen-bond donors (Lipinski definition) is 4. The zero-order chi connectivity index (χ0) is 13.6. The number of fused-ring (bicyclic) bond motifs is 1. The van der Waals surface area contributed by atoms with E-state index in [1.165, 1.54) is 10.9 Å². The van der Waals surface area contributed by atoms with E-state index in [9.17, 15) is 9.90 Å². The lowest BCUT2D eigenvalue weighted by Crippen LogP contribution is -2.24. The van der Waals surface area contributed by atoms with Crippen molar-refractivity contribution in [2.75, 3.05) is 12.3 Å². The van der Waals surface area contributed by atoms with Crippen molar-refractivity contribution in [1.82, 2.24) is 19.5 Å². The fraction of sp³-hybridized carbons (Fsp3) is 0.500. The zero-order valence-electron chi connectivity index (χ0n) is 9.85. The number of ether oxygens (including phenoxy) is 1. The molecule has 2 aromatic heterocycles. The Balaban J connectivity index is 2.05. The van der Waals surface area contributed by atoms with Gasteiger partial charge in [0.2, 0.25) is 5.95 Å². The molecule has 1 fully saturated rings. The largest absolute Gasteiger partial charge is 0.394 e. The Kier molecular flexibility index (Phi) is 2.73. The van der Waals surface area contributed by atoms with Gasteiger partial charge in [0.1, 0.15) is 12.3 Å². The smallest absolute Gasteiger partial charge is 0.280 e. The highest BCUT2D eigenvalue weighted by Crippen LogP contribution is 2.30. The second-order valence-electron chi connectivity index (χ2n) is 4.39. The molecule has 0 bridgehead atoms. The molecule has 2 aromatic rings. The Bertz CT molecular complexity index is 665. The number of nitrogen functional groups attached to an aromatic ring is 1. The first kappa shape index (κ1) is 12.1. The maximum Gasteiger partial charge on any atom is 0.280 e. The zero-order valence-corrected chi connectivity index (χ0v) is 9.85. The topological polar surface area (TPSA) is 139 Å². The number of rotatable bonds is 2. The van der Waals surface area contributed by atoms with Crippen LogP contribution < -0.4 is 11.3 Å². The van der Waals surface area contributed by atoms with E-state index in [2.05, 4.69) is 15.0 Å². The van der Waals surface area contributed by atoms with Gasteiger partial charge in [0.05, 0.1) is 19.0 Å². The summed E-state index contributed by atoms with van der Waals surface area (Å²) in [7, 11) is 0. The molecule has 0 spiro atoms. The van der Waals surface area contributed by atoms with E-state index in [0.717, 1.165) is 0 Å². The number of nitrogens with zero attached hydrogens (tertiary/aromatic N) is 3. The van der Waals surface area contributed by atoms with Gasteiger partial charge in [-0.25, -0.2) is 4.98 Å². The minimum Gasteiger partial charge on any atom is -0.394 e. The maximum absolute atomic E-state index is 11.6. The van der Waals surface area contributed by atoms with Crippen LogP contribution in [-0.2, 0) is 4.74 Å². The number of anilines is 1. The Hall–Kier alpha value is -1.97. The van der Waals surface area contributed by atoms with Crippen molar-refractivity contribution in [2.24, 2.45) is 0 Å². The van der Waals surface area contributed by atoms with Crippen LogP contribution in [0.4, 0.5) is 5.95 Å². The summed E-state index contributed by atoms with van der Waals surface area (Å²) in [6, 6.07) is 0. The second kappa shape index (κ2) is 4.30. The van der Waals surface area contributed by atoms with Gasteiger partial charge in [-0.05, 0) is 0 Å². The number of H-pyrrole nitrogens is 1. The minimum atomic E-state index is -0.771. The van der Waals surface area contributed by atoms with E-state index in [4.69, 9.17) is 15.6 Å². The monoisotopic (exact) mass is 270 g/mol. The van der Waals surface area contributed by atoms with Crippen molar-refractivity contribution in [3.8, 4) is 0 Å². The van der Waals surface area contributed by atoms with Crippen LogP contribution in [0.3, 0.4) is 0 Å². The molecule has 0 amide bonds. The number of hydrogen-bond acceptors (Lipinski definition) is 7. The van der Waals surface area contributed by atoms with E-state index in [1.54, 1.807) is 0 Å². The molecule has 9 nitrogen and oxygen atoms in total. The highest BCUT2D eigenvalue weighted by Gasteiger charge is 2.35. The van der Waals surface area contributed by atoms with Crippen LogP contribution >= 0.6 is 0 Å². The highest BCUT2D eigenvalue weighted by atomic mass is 16.5. The molecule has 3 heterocycles. The predicted octanol–water partition coefficient (Wildman–Crippen LogP) is -1.66. The molecule has 3 atom stereocenters. The number of imidazole rings is 1. The maximum atomic E-state index is 11.6. The lowest BCUT2D eigenvalue weighted by molar-refractivity contribution is -0.0432. The van der Waals surface area contributed by atoms with Gasteiger partial charge < -0.3 is 20.7 Å². The summed E-state index contributed by atoms with van der Waals surface area (Å²) in [5.74, 6) is -0.0171. The molecule has 1 aliphatic heterocycles. The number of aliphatic hydroxyl groups excluding tert-OH is 2. The fourth-order valence-corrected chi connectivity index (χ4v) is 2.20. The summed E-state index contributed by atoms with van der Waals surface area (Å²) in [5.41, 5.74) is 5.50. The summed E-state index contributed by atoms with van der Waals surface area (Å²) in [4.78, 5) is 22.0. The van der Waals surface area contributed by atoms with Crippen LogP contribution in [0, 0.1) is 0 Å². The molecule has 1 unspecified atom stereocenters. The van der Waals surface area contributed by atoms with Crippen molar-refractivity contribution in [2.45, 2.75) is 24.9 Å². The molecule has 9 heteroatoms. The van der Waals surface area contributed by atoms with Crippen molar-refractivity contribution >= 4 is 17.1 Å². The van der Waals surface area contributed by atoms with Crippen molar-refractivity contribution in [3.63, 3.8) is 0 Å². The standard InChI is InChI=1S/C10H13N5O4/c11-10-13-8-7(9(18)14-10)12-3-15(8)6-1-4(17)5(2-16)19-6/h3-6,16-17H,1-2H2,(H3,11,13,14,18)/t4?,5-,6-/m1/s1/i10+1,11+1,14+1. The molecular weight excluding hydrogens is 257 g/mol. The average molecular weight is 270 g/mol. The Morgan fingerprint density at radius 3 is 3.11 bits per heavy atom. The lowest BCUT2D eigenvalue weighted by atomic mass is 10.2. The summed E-state index contributed by atoms with van der Waals surface area (Å²) in [6.07, 6.45) is -0.270. The molecule has 3 rings (SSSR count). The van der Waals surface area contributed by atoms with Crippen LogP contribution in [0.2, 0.25) is 0 Å². The average Bonchev–Trinajstić information content (AvgIpc) is 2.92. The number of aromatic nitrogens is 4. The SMILES string of the molecule is [15NH2][13c]1nc2c(ncn2[C@H]2CC(O)[C@@H](CO)O2)c(=O)[15nH]1. The molecule has 0 radical (unpaired) electrons. The van der Waals surface area contributed by atoms with Gasteiger partial charge in [0.25, 0.3) is 5.56 Å². The van der Waals surface area contributed by atoms with Gasteiger partial charge in [-0.1, -0.05) is 0 Å². The number of aromatic amines is 1. The van der Waals surface area contributed by atoms with Crippen LogP contribution in [0.25, 0.3) is 11.2 Å². The third-order valence-electron chi connectivity index (χ3n) is 3.15. The van der Waals surface area contributed by atoms with Gasteiger partial charge in [-0.15, -0.1) is 0 Å². The van der Waals surface area contributed by atoms with Crippen molar-refractivity contribution < 1.29 is 14.9 Å². The van der Waals surface area contributed by atoms with Gasteiger partial charge >= 0.3 is 0 Å². The second-order valence-corrected chi connectivity index (χ2v) is 4.39. The lowest BCUT2D eigenvalue weighted by Gasteiger charge is -2.13. The quantitative estimate of drug-likeness (QED) is 0.479. The molecule has 0 aromatic carbocycles. The molecule has 1 saturated heterocycles. The highest BCUT2D eigenvalue weighted by molar-refractivity contribution is 5.70. The number of aliphatic hydroxyl groups is 2. The Labute approximate surface area is 106 Å². The third kappa shape index (κ3) is 1.87. The fourth-order valence-electron chi connectivity index (χ4n) is 2.20. The van der Waals surface area contributed by atoms with Crippen LogP contribution in [0.5, 0.6) is 0 Å². The third-order valence-corrected chi connectivity index (χ3v) is 3.15. The van der Waals surface area contributed by atoms with E-state index in [0.29, 0.717) is 0 Å². The van der Waals surface area contributed by atoms with Crippen LogP contribution in [-0.4, -0.2) is 48.5 Å². The first-order chi connectivity index (χ1) is 9.10. The van der Waals surface area contributed by atoms with Gasteiger partial charge in [0.15, 0.2) is 11.2 Å². The minimum absolute atomic E-state index is 0.0171.